The van der Waals surface area contributed by atoms with Crippen LogP contribution in [0.1, 0.15) is 0 Å². The molecule has 1 aromatic rings. The summed E-state index contributed by atoms with van der Waals surface area (Å²) in [5.74, 6) is 1.07. The molecule has 0 fully saturated rings. The van der Waals surface area contributed by atoms with Crippen LogP contribution in [0.5, 0.6) is 5.75 Å². The second-order valence-electron chi connectivity index (χ2n) is 3.02. The minimum atomic E-state index is -0.266. The van der Waals surface area contributed by atoms with Crippen molar-refractivity contribution in [1.29, 1.82) is 0 Å². The molecule has 15 heavy (non-hydrogen) atoms. The maximum atomic E-state index is 5.98. The van der Waals surface area contributed by atoms with E-state index in [-0.39, 0.29) is 5.38 Å². The third-order valence-electron chi connectivity index (χ3n) is 1.82. The molecule has 0 bridgehead atoms. The van der Waals surface area contributed by atoms with Gasteiger partial charge < -0.3 is 4.74 Å². The molecule has 0 N–H and O–H groups in total. The standard InChI is InChI=1S/C11H11Cl3O/c1-8(6-12)11(14)7-15-10-4-2-9(13)3-5-10/h2-5,11H,1,6-7H2. The molecule has 82 valence electrons. The van der Waals surface area contributed by atoms with Crippen molar-refractivity contribution in [3.05, 3.63) is 41.4 Å². The second-order valence-corrected chi connectivity index (χ2v) is 4.25. The van der Waals surface area contributed by atoms with Gasteiger partial charge in [-0.3, -0.25) is 0 Å². The maximum absolute atomic E-state index is 5.98. The Morgan fingerprint density at radius 3 is 2.47 bits per heavy atom. The van der Waals surface area contributed by atoms with Crippen molar-refractivity contribution in [2.24, 2.45) is 0 Å². The first-order valence-corrected chi connectivity index (χ1v) is 5.74. The molecule has 0 aromatic heterocycles. The summed E-state index contributed by atoms with van der Waals surface area (Å²) in [6, 6.07) is 7.10. The lowest BCUT2D eigenvalue weighted by atomic mass is 10.2. The van der Waals surface area contributed by atoms with E-state index >= 15 is 0 Å². The summed E-state index contributed by atoms with van der Waals surface area (Å²) >= 11 is 17.3. The molecular formula is C11H11Cl3O. The molecule has 0 aliphatic rings. The van der Waals surface area contributed by atoms with Crippen molar-refractivity contribution < 1.29 is 4.74 Å². The summed E-state index contributed by atoms with van der Waals surface area (Å²) in [6.45, 7) is 4.09. The first-order chi connectivity index (χ1) is 7.13. The molecule has 1 aromatic carbocycles. The van der Waals surface area contributed by atoms with Gasteiger partial charge in [0.05, 0.1) is 5.38 Å². The highest BCUT2D eigenvalue weighted by atomic mass is 35.5. The first-order valence-electron chi connectivity index (χ1n) is 4.39. The van der Waals surface area contributed by atoms with Crippen LogP contribution in [0, 0.1) is 0 Å². The fraction of sp³-hybridized carbons (Fsp3) is 0.273. The number of rotatable bonds is 5. The van der Waals surface area contributed by atoms with Crippen LogP contribution in [0.2, 0.25) is 5.02 Å². The van der Waals surface area contributed by atoms with E-state index < -0.39 is 0 Å². The lowest BCUT2D eigenvalue weighted by Crippen LogP contribution is -2.14. The highest BCUT2D eigenvalue weighted by Crippen LogP contribution is 2.17. The number of halogens is 3. The topological polar surface area (TPSA) is 9.23 Å². The van der Waals surface area contributed by atoms with Crippen molar-refractivity contribution >= 4 is 34.8 Å². The summed E-state index contributed by atoms with van der Waals surface area (Å²) in [4.78, 5) is 0. The Bertz CT molecular complexity index is 321. The molecule has 0 aliphatic carbocycles. The smallest absolute Gasteiger partial charge is 0.119 e. The summed E-state index contributed by atoms with van der Waals surface area (Å²) in [7, 11) is 0. The minimum absolute atomic E-state index is 0.266. The van der Waals surface area contributed by atoms with Gasteiger partial charge >= 0.3 is 0 Å². The van der Waals surface area contributed by atoms with Crippen molar-refractivity contribution in [2.45, 2.75) is 5.38 Å². The summed E-state index contributed by atoms with van der Waals surface area (Å²) in [5, 5.41) is 0.410. The average Bonchev–Trinajstić information content (AvgIpc) is 2.26. The van der Waals surface area contributed by atoms with E-state index in [2.05, 4.69) is 6.58 Å². The number of alkyl halides is 2. The third-order valence-corrected chi connectivity index (χ3v) is 2.85. The number of hydrogen-bond donors (Lipinski definition) is 0. The number of hydrogen-bond acceptors (Lipinski definition) is 1. The maximum Gasteiger partial charge on any atom is 0.119 e. The largest absolute Gasteiger partial charge is 0.492 e. The molecule has 0 radical (unpaired) electrons. The molecule has 4 heteroatoms. The van der Waals surface area contributed by atoms with Gasteiger partial charge in [-0.1, -0.05) is 18.2 Å². The Kier molecular flexibility index (Phi) is 5.30. The van der Waals surface area contributed by atoms with Gasteiger partial charge in [-0.2, -0.15) is 0 Å². The van der Waals surface area contributed by atoms with Gasteiger partial charge in [0, 0.05) is 10.9 Å². The lowest BCUT2D eigenvalue weighted by Gasteiger charge is -2.12. The Morgan fingerprint density at radius 2 is 1.93 bits per heavy atom. The fourth-order valence-corrected chi connectivity index (χ4v) is 1.43. The molecule has 0 amide bonds. The van der Waals surface area contributed by atoms with E-state index in [9.17, 15) is 0 Å². The molecule has 0 spiro atoms. The molecule has 1 unspecified atom stereocenters. The summed E-state index contributed by atoms with van der Waals surface area (Å²) < 4.78 is 5.44. The summed E-state index contributed by atoms with van der Waals surface area (Å²) in [6.07, 6.45) is 0. The van der Waals surface area contributed by atoms with Crippen molar-refractivity contribution in [1.82, 2.24) is 0 Å². The molecule has 1 rings (SSSR count). The number of benzene rings is 1. The van der Waals surface area contributed by atoms with Crippen LogP contribution in [-0.4, -0.2) is 17.9 Å². The highest BCUT2D eigenvalue weighted by Gasteiger charge is 2.08. The van der Waals surface area contributed by atoms with Gasteiger partial charge in [-0.25, -0.2) is 0 Å². The van der Waals surface area contributed by atoms with Crippen LogP contribution in [-0.2, 0) is 0 Å². The Labute approximate surface area is 105 Å². The van der Waals surface area contributed by atoms with Gasteiger partial charge in [-0.05, 0) is 29.8 Å². The van der Waals surface area contributed by atoms with Crippen LogP contribution in [0.3, 0.4) is 0 Å². The fourth-order valence-electron chi connectivity index (χ4n) is 0.902. The summed E-state index contributed by atoms with van der Waals surface area (Å²) in [5.41, 5.74) is 0.757. The van der Waals surface area contributed by atoms with Crippen LogP contribution in [0.4, 0.5) is 0 Å². The monoisotopic (exact) mass is 264 g/mol. The normalized spacial score (nSPS) is 12.2. The Hall–Kier alpha value is -0.370. The molecule has 1 nitrogen and oxygen atoms in total. The molecule has 1 atom stereocenters. The lowest BCUT2D eigenvalue weighted by molar-refractivity contribution is 0.324. The zero-order valence-electron chi connectivity index (χ0n) is 8.05. The zero-order chi connectivity index (χ0) is 11.3. The molecular weight excluding hydrogens is 254 g/mol. The highest BCUT2D eigenvalue weighted by molar-refractivity contribution is 6.30. The Morgan fingerprint density at radius 1 is 1.33 bits per heavy atom. The predicted octanol–water partition coefficient (Wildman–Crippen LogP) is 4.12. The third kappa shape index (κ3) is 4.33. The van der Waals surface area contributed by atoms with Crippen LogP contribution in [0.25, 0.3) is 0 Å². The SMILES string of the molecule is C=C(CCl)C(Cl)COc1ccc(Cl)cc1. The molecule has 0 aliphatic heterocycles. The molecule has 0 saturated carbocycles. The van der Waals surface area contributed by atoms with E-state index in [0.29, 0.717) is 17.5 Å². The van der Waals surface area contributed by atoms with Gasteiger partial charge in [0.15, 0.2) is 0 Å². The van der Waals surface area contributed by atoms with E-state index in [1.807, 2.05) is 0 Å². The second kappa shape index (κ2) is 6.26. The Balaban J connectivity index is 2.43. The van der Waals surface area contributed by atoms with Crippen LogP contribution in [0.15, 0.2) is 36.4 Å². The van der Waals surface area contributed by atoms with Crippen molar-refractivity contribution in [3.63, 3.8) is 0 Å². The van der Waals surface area contributed by atoms with E-state index in [0.717, 1.165) is 11.3 Å². The van der Waals surface area contributed by atoms with E-state index in [4.69, 9.17) is 39.5 Å². The first kappa shape index (κ1) is 12.7. The van der Waals surface area contributed by atoms with Crippen LogP contribution >= 0.6 is 34.8 Å². The van der Waals surface area contributed by atoms with Gasteiger partial charge in [-0.15, -0.1) is 23.2 Å². The van der Waals surface area contributed by atoms with E-state index in [1.54, 1.807) is 24.3 Å². The quantitative estimate of drug-likeness (QED) is 0.575. The molecule has 0 heterocycles. The molecule has 0 saturated heterocycles. The van der Waals surface area contributed by atoms with Gasteiger partial charge in [0.25, 0.3) is 0 Å². The van der Waals surface area contributed by atoms with E-state index in [1.165, 1.54) is 0 Å². The van der Waals surface area contributed by atoms with Gasteiger partial charge in [0.2, 0.25) is 0 Å². The van der Waals surface area contributed by atoms with Crippen molar-refractivity contribution in [2.75, 3.05) is 12.5 Å². The average molecular weight is 266 g/mol. The van der Waals surface area contributed by atoms with Gasteiger partial charge in [0.1, 0.15) is 12.4 Å². The van der Waals surface area contributed by atoms with Crippen LogP contribution < -0.4 is 4.74 Å². The zero-order valence-corrected chi connectivity index (χ0v) is 10.3. The number of ether oxygens (including phenoxy) is 1. The predicted molar refractivity (Wildman–Crippen MR) is 66.4 cm³/mol. The van der Waals surface area contributed by atoms with Crippen molar-refractivity contribution in [3.8, 4) is 5.75 Å². The minimum Gasteiger partial charge on any atom is -0.492 e.